The smallest absolute Gasteiger partial charge is 0.264 e. The van der Waals surface area contributed by atoms with Crippen LogP contribution in [0.4, 0.5) is 0 Å². The zero-order chi connectivity index (χ0) is 16.2. The van der Waals surface area contributed by atoms with Gasteiger partial charge in [0, 0.05) is 6.61 Å². The Balaban J connectivity index is 1.93. The van der Waals surface area contributed by atoms with Crippen LogP contribution in [0.5, 0.6) is 5.75 Å². The van der Waals surface area contributed by atoms with Crippen molar-refractivity contribution < 1.29 is 19.1 Å². The van der Waals surface area contributed by atoms with Crippen molar-refractivity contribution in [3.05, 3.63) is 41.5 Å². The van der Waals surface area contributed by atoms with Crippen molar-refractivity contribution in [1.29, 1.82) is 0 Å². The highest BCUT2D eigenvalue weighted by Gasteiger charge is 2.16. The molecule has 0 fully saturated rings. The van der Waals surface area contributed by atoms with E-state index in [9.17, 15) is 5.11 Å². The molecule has 2 rings (SSSR count). The van der Waals surface area contributed by atoms with Gasteiger partial charge in [0.1, 0.15) is 11.9 Å². The first kappa shape index (κ1) is 16.5. The Kier molecular flexibility index (Phi) is 5.15. The van der Waals surface area contributed by atoms with Crippen molar-refractivity contribution in [2.24, 2.45) is 0 Å². The number of ether oxygens (including phenoxy) is 2. The fourth-order valence-corrected chi connectivity index (χ4v) is 1.92. The molecule has 1 atom stereocenters. The molecular weight excluding hydrogens is 284 g/mol. The molecule has 0 saturated heterocycles. The summed E-state index contributed by atoms with van der Waals surface area (Å²) in [7, 11) is 0. The Morgan fingerprint density at radius 2 is 1.95 bits per heavy atom. The van der Waals surface area contributed by atoms with Gasteiger partial charge in [0.25, 0.3) is 5.89 Å². The quantitative estimate of drug-likeness (QED) is 0.847. The molecule has 1 aromatic heterocycles. The molecular formula is C16H22N2O4. The number of aromatic nitrogens is 2. The highest BCUT2D eigenvalue weighted by atomic mass is 16.5. The minimum absolute atomic E-state index is 0.188. The van der Waals surface area contributed by atoms with Crippen LogP contribution in [0.3, 0.4) is 0 Å². The number of rotatable bonds is 7. The van der Waals surface area contributed by atoms with Gasteiger partial charge in [0.15, 0.2) is 12.4 Å². The van der Waals surface area contributed by atoms with Crippen LogP contribution in [0.2, 0.25) is 0 Å². The summed E-state index contributed by atoms with van der Waals surface area (Å²) in [6.45, 7) is 8.04. The summed E-state index contributed by atoms with van der Waals surface area (Å²) >= 11 is 0. The van der Waals surface area contributed by atoms with Crippen LogP contribution >= 0.6 is 0 Å². The van der Waals surface area contributed by atoms with Gasteiger partial charge in [0.05, 0.1) is 5.60 Å². The second-order valence-corrected chi connectivity index (χ2v) is 5.52. The van der Waals surface area contributed by atoms with Gasteiger partial charge in [0.2, 0.25) is 0 Å². The highest BCUT2D eigenvalue weighted by molar-refractivity contribution is 5.30. The molecule has 0 saturated carbocycles. The summed E-state index contributed by atoms with van der Waals surface area (Å²) < 4.78 is 16.1. The summed E-state index contributed by atoms with van der Waals surface area (Å²) in [6, 6.07) is 7.25. The van der Waals surface area contributed by atoms with Gasteiger partial charge in [-0.2, -0.15) is 4.98 Å². The highest BCUT2D eigenvalue weighted by Crippen LogP contribution is 2.22. The summed E-state index contributed by atoms with van der Waals surface area (Å²) in [4.78, 5) is 4.23. The Hall–Kier alpha value is -1.92. The van der Waals surface area contributed by atoms with Gasteiger partial charge in [-0.1, -0.05) is 17.3 Å². The topological polar surface area (TPSA) is 77.6 Å². The number of hydrogen-bond donors (Lipinski definition) is 1. The third-order valence-corrected chi connectivity index (χ3v) is 3.19. The molecule has 0 amide bonds. The van der Waals surface area contributed by atoms with E-state index >= 15 is 0 Å². The van der Waals surface area contributed by atoms with Crippen LogP contribution in [0.1, 0.15) is 51.1 Å². The van der Waals surface area contributed by atoms with Crippen molar-refractivity contribution in [1.82, 2.24) is 10.1 Å². The molecule has 0 aliphatic carbocycles. The largest absolute Gasteiger partial charge is 0.484 e. The molecule has 0 radical (unpaired) electrons. The summed E-state index contributed by atoms with van der Waals surface area (Å²) in [5, 5.41) is 13.8. The van der Waals surface area contributed by atoms with E-state index in [4.69, 9.17) is 14.0 Å². The molecule has 1 unspecified atom stereocenters. The normalized spacial score (nSPS) is 13.1. The van der Waals surface area contributed by atoms with E-state index in [1.54, 1.807) is 26.0 Å². The number of benzene rings is 1. The molecule has 6 heteroatoms. The van der Waals surface area contributed by atoms with E-state index in [0.29, 0.717) is 24.1 Å². The maximum absolute atomic E-state index is 9.90. The lowest BCUT2D eigenvalue weighted by atomic mass is 9.99. The van der Waals surface area contributed by atoms with Crippen LogP contribution in [0, 0.1) is 0 Å². The Morgan fingerprint density at radius 3 is 2.55 bits per heavy atom. The van der Waals surface area contributed by atoms with E-state index in [0.717, 1.165) is 5.56 Å². The minimum atomic E-state index is -0.866. The van der Waals surface area contributed by atoms with E-state index in [1.165, 1.54) is 0 Å². The first-order chi connectivity index (χ1) is 10.4. The SMILES string of the molecule is CCOC(C)c1noc(COc2ccc(C(C)(C)O)cc2)n1. The van der Waals surface area contributed by atoms with Crippen LogP contribution in [0.25, 0.3) is 0 Å². The molecule has 1 heterocycles. The molecule has 0 spiro atoms. The summed E-state index contributed by atoms with van der Waals surface area (Å²) in [5.41, 5.74) is -0.0412. The van der Waals surface area contributed by atoms with E-state index in [-0.39, 0.29) is 12.7 Å². The molecule has 1 aromatic carbocycles. The lowest BCUT2D eigenvalue weighted by Gasteiger charge is -2.17. The third-order valence-electron chi connectivity index (χ3n) is 3.19. The monoisotopic (exact) mass is 306 g/mol. The van der Waals surface area contributed by atoms with Crippen molar-refractivity contribution in [3.63, 3.8) is 0 Å². The maximum Gasteiger partial charge on any atom is 0.264 e. The Bertz CT molecular complexity index is 587. The fourth-order valence-electron chi connectivity index (χ4n) is 1.92. The van der Waals surface area contributed by atoms with Crippen molar-refractivity contribution >= 4 is 0 Å². The van der Waals surface area contributed by atoms with Gasteiger partial charge in [-0.05, 0) is 45.4 Å². The number of nitrogens with zero attached hydrogens (tertiary/aromatic N) is 2. The zero-order valence-corrected chi connectivity index (χ0v) is 13.4. The lowest BCUT2D eigenvalue weighted by Crippen LogP contribution is -2.14. The van der Waals surface area contributed by atoms with Gasteiger partial charge in [-0.3, -0.25) is 0 Å². The fraction of sp³-hybridized carbons (Fsp3) is 0.500. The molecule has 0 bridgehead atoms. The van der Waals surface area contributed by atoms with Gasteiger partial charge < -0.3 is 19.1 Å². The van der Waals surface area contributed by atoms with E-state index in [1.807, 2.05) is 26.0 Å². The average molecular weight is 306 g/mol. The predicted molar refractivity (Wildman–Crippen MR) is 80.4 cm³/mol. The van der Waals surface area contributed by atoms with Crippen LogP contribution in [0.15, 0.2) is 28.8 Å². The van der Waals surface area contributed by atoms with Gasteiger partial charge in [-0.15, -0.1) is 0 Å². The second-order valence-electron chi connectivity index (χ2n) is 5.52. The number of hydrogen-bond acceptors (Lipinski definition) is 6. The zero-order valence-electron chi connectivity index (χ0n) is 13.4. The number of aliphatic hydroxyl groups is 1. The maximum atomic E-state index is 9.90. The third kappa shape index (κ3) is 4.29. The first-order valence-electron chi connectivity index (χ1n) is 7.30. The Labute approximate surface area is 130 Å². The van der Waals surface area contributed by atoms with Crippen molar-refractivity contribution in [2.45, 2.75) is 46.0 Å². The molecule has 6 nitrogen and oxygen atoms in total. The predicted octanol–water partition coefficient (Wildman–Crippen LogP) is 2.97. The van der Waals surface area contributed by atoms with Crippen molar-refractivity contribution in [2.75, 3.05) is 6.61 Å². The first-order valence-corrected chi connectivity index (χ1v) is 7.30. The molecule has 0 aliphatic rings. The minimum Gasteiger partial charge on any atom is -0.484 e. The summed E-state index contributed by atoms with van der Waals surface area (Å²) in [5.74, 6) is 1.58. The summed E-state index contributed by atoms with van der Waals surface area (Å²) in [6.07, 6.45) is -0.200. The lowest BCUT2D eigenvalue weighted by molar-refractivity contribution is 0.0683. The van der Waals surface area contributed by atoms with Gasteiger partial charge >= 0.3 is 0 Å². The average Bonchev–Trinajstić information content (AvgIpc) is 2.94. The molecule has 120 valence electrons. The molecule has 1 N–H and O–H groups in total. The van der Waals surface area contributed by atoms with E-state index < -0.39 is 5.60 Å². The Morgan fingerprint density at radius 1 is 1.27 bits per heavy atom. The van der Waals surface area contributed by atoms with E-state index in [2.05, 4.69) is 10.1 Å². The van der Waals surface area contributed by atoms with Crippen molar-refractivity contribution in [3.8, 4) is 5.75 Å². The van der Waals surface area contributed by atoms with Crippen LogP contribution in [-0.2, 0) is 16.9 Å². The van der Waals surface area contributed by atoms with Crippen LogP contribution < -0.4 is 4.74 Å². The van der Waals surface area contributed by atoms with Gasteiger partial charge in [-0.25, -0.2) is 0 Å². The standard InChI is InChI=1S/C16H22N2O4/c1-5-20-11(2)15-17-14(22-18-15)10-21-13-8-6-12(7-9-13)16(3,4)19/h6-9,11,19H,5,10H2,1-4H3. The second kappa shape index (κ2) is 6.89. The molecule has 2 aromatic rings. The van der Waals surface area contributed by atoms with Crippen LogP contribution in [-0.4, -0.2) is 21.9 Å². The molecule has 0 aliphatic heterocycles. The molecule has 22 heavy (non-hydrogen) atoms.